The first kappa shape index (κ1) is 17.7. The van der Waals surface area contributed by atoms with Crippen molar-refractivity contribution >= 4 is 29.0 Å². The Morgan fingerprint density at radius 3 is 2.64 bits per heavy atom. The van der Waals surface area contributed by atoms with Crippen LogP contribution in [0.4, 0.5) is 11.5 Å². The van der Waals surface area contributed by atoms with Gasteiger partial charge in [-0.25, -0.2) is 4.98 Å². The van der Waals surface area contributed by atoms with E-state index < -0.39 is 0 Å². The van der Waals surface area contributed by atoms with E-state index in [1.54, 1.807) is 12.1 Å². The Labute approximate surface area is 153 Å². The molecule has 1 aliphatic heterocycles. The number of rotatable bonds is 4. The van der Waals surface area contributed by atoms with E-state index in [2.05, 4.69) is 58.2 Å². The van der Waals surface area contributed by atoms with Gasteiger partial charge in [-0.3, -0.25) is 9.69 Å². The van der Waals surface area contributed by atoms with Crippen molar-refractivity contribution in [3.05, 3.63) is 53.2 Å². The Hall–Kier alpha value is -2.11. The predicted molar refractivity (Wildman–Crippen MR) is 102 cm³/mol. The highest BCUT2D eigenvalue weighted by Crippen LogP contribution is 2.21. The van der Waals surface area contributed by atoms with Crippen LogP contribution < -0.4 is 10.2 Å². The van der Waals surface area contributed by atoms with E-state index in [1.165, 1.54) is 17.4 Å². The summed E-state index contributed by atoms with van der Waals surface area (Å²) in [7, 11) is 0. The topological polar surface area (TPSA) is 48.5 Å². The summed E-state index contributed by atoms with van der Waals surface area (Å²) in [6.45, 7) is 7.30. The second-order valence-corrected chi connectivity index (χ2v) is 6.96. The number of benzene rings is 1. The summed E-state index contributed by atoms with van der Waals surface area (Å²) < 4.78 is 0. The number of carbonyl (C=O) groups excluding carboxylic acids is 1. The molecule has 132 valence electrons. The maximum atomic E-state index is 12.2. The average molecular weight is 359 g/mol. The van der Waals surface area contributed by atoms with Crippen molar-refractivity contribution < 1.29 is 4.79 Å². The number of piperazine rings is 1. The first-order valence-corrected chi connectivity index (χ1v) is 8.86. The lowest BCUT2D eigenvalue weighted by Crippen LogP contribution is -2.53. The van der Waals surface area contributed by atoms with E-state index in [0.717, 1.165) is 19.6 Å². The smallest absolute Gasteiger partial charge is 0.239 e. The van der Waals surface area contributed by atoms with Crippen LogP contribution in [0.15, 0.2) is 42.6 Å². The van der Waals surface area contributed by atoms with Gasteiger partial charge in [0.25, 0.3) is 0 Å². The minimum Gasteiger partial charge on any atom is -0.366 e. The molecule has 2 heterocycles. The van der Waals surface area contributed by atoms with E-state index in [4.69, 9.17) is 11.6 Å². The minimum absolute atomic E-state index is 0.0502. The number of aryl methyl sites for hydroxylation is 1. The third-order valence-electron chi connectivity index (χ3n) is 4.44. The zero-order valence-corrected chi connectivity index (χ0v) is 15.3. The second kappa shape index (κ2) is 7.85. The van der Waals surface area contributed by atoms with Crippen molar-refractivity contribution in [2.45, 2.75) is 19.9 Å². The Balaban J connectivity index is 1.53. The van der Waals surface area contributed by atoms with Crippen molar-refractivity contribution in [2.75, 3.05) is 36.4 Å². The van der Waals surface area contributed by atoms with Crippen LogP contribution in [-0.2, 0) is 4.79 Å². The largest absolute Gasteiger partial charge is 0.366 e. The molecule has 1 aromatic heterocycles. The third kappa shape index (κ3) is 4.71. The first-order chi connectivity index (χ1) is 12.0. The molecule has 0 radical (unpaired) electrons. The lowest BCUT2D eigenvalue weighted by molar-refractivity contribution is -0.117. The maximum Gasteiger partial charge on any atom is 0.239 e. The fraction of sp³-hybridized carbons (Fsp3) is 0.368. The molecule has 0 spiro atoms. The molecule has 25 heavy (non-hydrogen) atoms. The van der Waals surface area contributed by atoms with Crippen LogP contribution in [0.3, 0.4) is 0 Å². The SMILES string of the molecule is Cc1ccc(N2CCN(CC(=O)Nc3ccc(Cl)cn3)C[C@H]2C)cc1. The molecule has 1 aliphatic rings. The van der Waals surface area contributed by atoms with Gasteiger partial charge in [0.15, 0.2) is 0 Å². The van der Waals surface area contributed by atoms with E-state index in [9.17, 15) is 4.79 Å². The first-order valence-electron chi connectivity index (χ1n) is 8.48. The summed E-state index contributed by atoms with van der Waals surface area (Å²) in [4.78, 5) is 20.9. The summed E-state index contributed by atoms with van der Waals surface area (Å²) in [6.07, 6.45) is 1.53. The van der Waals surface area contributed by atoms with E-state index in [0.29, 0.717) is 23.4 Å². The Morgan fingerprint density at radius 2 is 2.00 bits per heavy atom. The van der Waals surface area contributed by atoms with Crippen LogP contribution in [0.5, 0.6) is 0 Å². The van der Waals surface area contributed by atoms with Gasteiger partial charge in [0.1, 0.15) is 5.82 Å². The number of halogens is 1. The highest BCUT2D eigenvalue weighted by Gasteiger charge is 2.25. The summed E-state index contributed by atoms with van der Waals surface area (Å²) in [6, 6.07) is 12.4. The number of aromatic nitrogens is 1. The van der Waals surface area contributed by atoms with Crippen molar-refractivity contribution in [1.82, 2.24) is 9.88 Å². The lowest BCUT2D eigenvalue weighted by atomic mass is 10.1. The molecule has 1 N–H and O–H groups in total. The quantitative estimate of drug-likeness (QED) is 0.911. The molecule has 1 amide bonds. The molecule has 0 unspecified atom stereocenters. The van der Waals surface area contributed by atoms with E-state index >= 15 is 0 Å². The molecule has 0 aliphatic carbocycles. The van der Waals surface area contributed by atoms with E-state index in [1.807, 2.05) is 0 Å². The van der Waals surface area contributed by atoms with Gasteiger partial charge in [-0.15, -0.1) is 0 Å². The number of pyridine rings is 1. The van der Waals surface area contributed by atoms with E-state index in [-0.39, 0.29) is 5.91 Å². The standard InChI is InChI=1S/C19H23ClN4O/c1-14-3-6-17(7-4-14)24-10-9-23(12-15(24)2)13-19(25)22-18-8-5-16(20)11-21-18/h3-8,11,15H,9-10,12-13H2,1-2H3,(H,21,22,25)/t15-/m1/s1. The van der Waals surface area contributed by atoms with Gasteiger partial charge in [-0.05, 0) is 38.1 Å². The average Bonchev–Trinajstić information content (AvgIpc) is 2.58. The van der Waals surface area contributed by atoms with Gasteiger partial charge in [0.2, 0.25) is 5.91 Å². The Morgan fingerprint density at radius 1 is 1.24 bits per heavy atom. The van der Waals surface area contributed by atoms with Gasteiger partial charge in [-0.2, -0.15) is 0 Å². The molecule has 5 nitrogen and oxygen atoms in total. The molecule has 1 saturated heterocycles. The Bertz CT molecular complexity index is 717. The molecule has 1 aromatic carbocycles. The van der Waals surface area contributed by atoms with Gasteiger partial charge in [-0.1, -0.05) is 29.3 Å². The highest BCUT2D eigenvalue weighted by molar-refractivity contribution is 6.30. The summed E-state index contributed by atoms with van der Waals surface area (Å²) >= 11 is 5.80. The normalized spacial score (nSPS) is 18.2. The van der Waals surface area contributed by atoms with Crippen LogP contribution in [0.25, 0.3) is 0 Å². The highest BCUT2D eigenvalue weighted by atomic mass is 35.5. The number of nitrogens with zero attached hydrogens (tertiary/aromatic N) is 3. The number of hydrogen-bond acceptors (Lipinski definition) is 4. The van der Waals surface area contributed by atoms with Gasteiger partial charge in [0.05, 0.1) is 11.6 Å². The molecule has 0 bridgehead atoms. The summed E-state index contributed by atoms with van der Waals surface area (Å²) in [5.74, 6) is 0.478. The fourth-order valence-electron chi connectivity index (χ4n) is 3.13. The predicted octanol–water partition coefficient (Wildman–Crippen LogP) is 3.19. The molecule has 1 fully saturated rings. The number of nitrogens with one attached hydrogen (secondary N) is 1. The van der Waals surface area contributed by atoms with Crippen LogP contribution in [-0.4, -0.2) is 48.0 Å². The summed E-state index contributed by atoms with van der Waals surface area (Å²) in [5.41, 5.74) is 2.51. The number of hydrogen-bond donors (Lipinski definition) is 1. The molecule has 3 rings (SSSR count). The van der Waals surface area contributed by atoms with Crippen molar-refractivity contribution in [1.29, 1.82) is 0 Å². The minimum atomic E-state index is -0.0502. The van der Waals surface area contributed by atoms with Crippen LogP contribution >= 0.6 is 11.6 Å². The molecular formula is C19H23ClN4O. The molecule has 0 saturated carbocycles. The lowest BCUT2D eigenvalue weighted by Gasteiger charge is -2.41. The maximum absolute atomic E-state index is 12.2. The molecule has 2 aromatic rings. The van der Waals surface area contributed by atoms with Gasteiger partial charge >= 0.3 is 0 Å². The monoisotopic (exact) mass is 358 g/mol. The van der Waals surface area contributed by atoms with Crippen LogP contribution in [0.2, 0.25) is 5.02 Å². The van der Waals surface area contributed by atoms with Crippen molar-refractivity contribution in [3.8, 4) is 0 Å². The van der Waals surface area contributed by atoms with Gasteiger partial charge in [0, 0.05) is 37.6 Å². The molecule has 6 heteroatoms. The van der Waals surface area contributed by atoms with Crippen molar-refractivity contribution in [2.24, 2.45) is 0 Å². The zero-order chi connectivity index (χ0) is 17.8. The summed E-state index contributed by atoms with van der Waals surface area (Å²) in [5, 5.41) is 3.37. The zero-order valence-electron chi connectivity index (χ0n) is 14.6. The van der Waals surface area contributed by atoms with Gasteiger partial charge < -0.3 is 10.2 Å². The fourth-order valence-corrected chi connectivity index (χ4v) is 3.24. The van der Waals surface area contributed by atoms with Crippen LogP contribution in [0, 0.1) is 6.92 Å². The molecule has 1 atom stereocenters. The second-order valence-electron chi connectivity index (χ2n) is 6.52. The van der Waals surface area contributed by atoms with Crippen molar-refractivity contribution in [3.63, 3.8) is 0 Å². The Kier molecular flexibility index (Phi) is 5.56. The van der Waals surface area contributed by atoms with Crippen LogP contribution in [0.1, 0.15) is 12.5 Å². The number of carbonyl (C=O) groups is 1. The number of anilines is 2. The third-order valence-corrected chi connectivity index (χ3v) is 4.66. The molecular weight excluding hydrogens is 336 g/mol. The number of amides is 1.